The van der Waals surface area contributed by atoms with E-state index >= 15 is 0 Å². The topological polar surface area (TPSA) is 60.9 Å². The summed E-state index contributed by atoms with van der Waals surface area (Å²) < 4.78 is 7.26. The normalized spacial score (nSPS) is 10.7. The van der Waals surface area contributed by atoms with Crippen LogP contribution in [0.1, 0.15) is 29.8 Å². The predicted octanol–water partition coefficient (Wildman–Crippen LogP) is 3.59. The number of benzene rings is 1. The monoisotopic (exact) mass is 295 g/mol. The lowest BCUT2D eigenvalue weighted by molar-refractivity contribution is 0.0970. The van der Waals surface area contributed by atoms with E-state index in [-0.39, 0.29) is 5.78 Å². The molecule has 1 aromatic carbocycles. The molecule has 0 aliphatic carbocycles. The van der Waals surface area contributed by atoms with Gasteiger partial charge in [-0.3, -0.25) is 4.79 Å². The van der Waals surface area contributed by atoms with Gasteiger partial charge >= 0.3 is 0 Å². The molecule has 2 heterocycles. The Morgan fingerprint density at radius 1 is 1.18 bits per heavy atom. The summed E-state index contributed by atoms with van der Waals surface area (Å²) in [6.07, 6.45) is 7.70. The van der Waals surface area contributed by atoms with Gasteiger partial charge in [-0.2, -0.15) is 0 Å². The molecule has 0 N–H and O–H groups in total. The number of hydrogen-bond acceptors (Lipinski definition) is 4. The summed E-state index contributed by atoms with van der Waals surface area (Å²) in [5, 5.41) is 3.88. The Morgan fingerprint density at radius 3 is 2.82 bits per heavy atom. The van der Waals surface area contributed by atoms with Crippen LogP contribution in [0.3, 0.4) is 0 Å². The van der Waals surface area contributed by atoms with Crippen molar-refractivity contribution in [1.29, 1.82) is 0 Å². The Kier molecular flexibility index (Phi) is 4.44. The quantitative estimate of drug-likeness (QED) is 0.493. The second kappa shape index (κ2) is 6.85. The standard InChI is InChI=1S/C17H17N3O2/c21-16(8-4-5-10-20-11-9-18-13-20)15-12-17(22-19-15)14-6-2-1-3-7-14/h1-3,6-7,9,11-13H,4-5,8,10H2. The highest BCUT2D eigenvalue weighted by molar-refractivity contribution is 5.94. The molecule has 112 valence electrons. The van der Waals surface area contributed by atoms with Crippen molar-refractivity contribution in [2.45, 2.75) is 25.8 Å². The lowest BCUT2D eigenvalue weighted by atomic mass is 10.1. The number of unbranched alkanes of at least 4 members (excludes halogenated alkanes) is 1. The summed E-state index contributed by atoms with van der Waals surface area (Å²) in [7, 11) is 0. The smallest absolute Gasteiger partial charge is 0.184 e. The van der Waals surface area contributed by atoms with Gasteiger partial charge in [0.15, 0.2) is 11.5 Å². The zero-order chi connectivity index (χ0) is 15.2. The van der Waals surface area contributed by atoms with E-state index in [9.17, 15) is 4.79 Å². The largest absolute Gasteiger partial charge is 0.356 e. The van der Waals surface area contributed by atoms with Crippen molar-refractivity contribution in [1.82, 2.24) is 14.7 Å². The van der Waals surface area contributed by atoms with Gasteiger partial charge in [-0.15, -0.1) is 0 Å². The van der Waals surface area contributed by atoms with Crippen LogP contribution < -0.4 is 0 Å². The van der Waals surface area contributed by atoms with Crippen molar-refractivity contribution < 1.29 is 9.32 Å². The summed E-state index contributed by atoms with van der Waals surface area (Å²) in [6.45, 7) is 0.876. The number of aryl methyl sites for hydroxylation is 1. The van der Waals surface area contributed by atoms with E-state index in [2.05, 4.69) is 10.1 Å². The van der Waals surface area contributed by atoms with Crippen LogP contribution in [-0.2, 0) is 6.54 Å². The molecule has 0 radical (unpaired) electrons. The maximum atomic E-state index is 12.1. The van der Waals surface area contributed by atoms with Crippen molar-refractivity contribution in [3.05, 3.63) is 60.8 Å². The van der Waals surface area contributed by atoms with Gasteiger partial charge in [-0.25, -0.2) is 4.98 Å². The fourth-order valence-electron chi connectivity index (χ4n) is 2.27. The molecule has 0 bridgehead atoms. The molecular formula is C17H17N3O2. The maximum absolute atomic E-state index is 12.1. The molecule has 0 fully saturated rings. The Balaban J connectivity index is 1.51. The van der Waals surface area contributed by atoms with Crippen molar-refractivity contribution in [2.24, 2.45) is 0 Å². The number of hydrogen-bond donors (Lipinski definition) is 0. The molecule has 0 atom stereocenters. The third-order valence-corrected chi connectivity index (χ3v) is 3.48. The van der Waals surface area contributed by atoms with Crippen LogP contribution in [0.25, 0.3) is 11.3 Å². The Hall–Kier alpha value is -2.69. The van der Waals surface area contributed by atoms with Gasteiger partial charge < -0.3 is 9.09 Å². The number of imidazole rings is 1. The average Bonchev–Trinajstić information content (AvgIpc) is 3.24. The lowest BCUT2D eigenvalue weighted by Crippen LogP contribution is -2.01. The minimum atomic E-state index is 0.0246. The number of aromatic nitrogens is 3. The first-order valence-corrected chi connectivity index (χ1v) is 7.34. The minimum Gasteiger partial charge on any atom is -0.356 e. The second-order valence-corrected chi connectivity index (χ2v) is 5.12. The third-order valence-electron chi connectivity index (χ3n) is 3.48. The van der Waals surface area contributed by atoms with E-state index in [0.29, 0.717) is 17.9 Å². The Morgan fingerprint density at radius 2 is 2.05 bits per heavy atom. The molecule has 0 spiro atoms. The zero-order valence-corrected chi connectivity index (χ0v) is 12.2. The highest BCUT2D eigenvalue weighted by atomic mass is 16.5. The Bertz CT molecular complexity index is 717. The maximum Gasteiger partial charge on any atom is 0.184 e. The van der Waals surface area contributed by atoms with Gasteiger partial charge in [0, 0.05) is 37.0 Å². The van der Waals surface area contributed by atoms with Crippen LogP contribution >= 0.6 is 0 Å². The molecule has 0 unspecified atom stereocenters. The van der Waals surface area contributed by atoms with E-state index < -0.39 is 0 Å². The summed E-state index contributed by atoms with van der Waals surface area (Å²) in [5.74, 6) is 0.652. The molecule has 5 heteroatoms. The summed E-state index contributed by atoms with van der Waals surface area (Å²) in [4.78, 5) is 16.1. The highest BCUT2D eigenvalue weighted by Crippen LogP contribution is 2.20. The highest BCUT2D eigenvalue weighted by Gasteiger charge is 2.13. The number of rotatable bonds is 7. The Labute approximate surface area is 128 Å². The van der Waals surface area contributed by atoms with Crippen molar-refractivity contribution in [2.75, 3.05) is 0 Å². The first-order chi connectivity index (χ1) is 10.8. The van der Waals surface area contributed by atoms with E-state index in [4.69, 9.17) is 4.52 Å². The second-order valence-electron chi connectivity index (χ2n) is 5.12. The fraction of sp³-hybridized carbons (Fsp3) is 0.235. The van der Waals surface area contributed by atoms with Gasteiger partial charge in [-0.05, 0) is 12.8 Å². The molecule has 5 nitrogen and oxygen atoms in total. The van der Waals surface area contributed by atoms with Gasteiger partial charge in [0.25, 0.3) is 0 Å². The number of Topliss-reactive ketones (excluding diaryl/α,β-unsaturated/α-hetero) is 1. The summed E-state index contributed by atoms with van der Waals surface area (Å²) in [5.41, 5.74) is 1.33. The van der Waals surface area contributed by atoms with Crippen molar-refractivity contribution >= 4 is 5.78 Å². The number of ketones is 1. The molecule has 3 aromatic rings. The molecule has 0 amide bonds. The number of nitrogens with zero attached hydrogens (tertiary/aromatic N) is 3. The molecule has 22 heavy (non-hydrogen) atoms. The van der Waals surface area contributed by atoms with Crippen LogP contribution in [0.2, 0.25) is 0 Å². The fourth-order valence-corrected chi connectivity index (χ4v) is 2.27. The van der Waals surface area contributed by atoms with E-state index in [1.807, 2.05) is 41.1 Å². The molecular weight excluding hydrogens is 278 g/mol. The zero-order valence-electron chi connectivity index (χ0n) is 12.2. The van der Waals surface area contributed by atoms with Crippen LogP contribution in [0, 0.1) is 0 Å². The number of carbonyl (C=O) groups is 1. The van der Waals surface area contributed by atoms with Crippen LogP contribution in [0.15, 0.2) is 59.6 Å². The average molecular weight is 295 g/mol. The van der Waals surface area contributed by atoms with Gasteiger partial charge in [-0.1, -0.05) is 35.5 Å². The van der Waals surface area contributed by atoms with Crippen LogP contribution in [0.5, 0.6) is 0 Å². The predicted molar refractivity (Wildman–Crippen MR) is 82.3 cm³/mol. The SMILES string of the molecule is O=C(CCCCn1ccnc1)c1cc(-c2ccccc2)on1. The summed E-state index contributed by atoms with van der Waals surface area (Å²) in [6, 6.07) is 11.4. The minimum absolute atomic E-state index is 0.0246. The van der Waals surface area contributed by atoms with Gasteiger partial charge in [0.2, 0.25) is 0 Å². The first-order valence-electron chi connectivity index (χ1n) is 7.34. The molecule has 2 aromatic heterocycles. The van der Waals surface area contributed by atoms with Crippen molar-refractivity contribution in [3.8, 4) is 11.3 Å². The van der Waals surface area contributed by atoms with Crippen molar-refractivity contribution in [3.63, 3.8) is 0 Å². The van der Waals surface area contributed by atoms with Crippen LogP contribution in [0.4, 0.5) is 0 Å². The molecule has 0 saturated carbocycles. The first kappa shape index (κ1) is 14.3. The van der Waals surface area contributed by atoms with E-state index in [1.54, 1.807) is 18.6 Å². The molecule has 0 aliphatic rings. The molecule has 0 aliphatic heterocycles. The van der Waals surface area contributed by atoms with E-state index in [0.717, 1.165) is 24.9 Å². The number of carbonyl (C=O) groups excluding carboxylic acids is 1. The van der Waals surface area contributed by atoms with E-state index in [1.165, 1.54) is 0 Å². The molecule has 0 saturated heterocycles. The lowest BCUT2D eigenvalue weighted by Gasteiger charge is -2.00. The molecule has 3 rings (SSSR count). The third kappa shape index (κ3) is 3.49. The van der Waals surface area contributed by atoms with Gasteiger partial charge in [0.1, 0.15) is 5.69 Å². The van der Waals surface area contributed by atoms with Crippen LogP contribution in [-0.4, -0.2) is 20.5 Å². The van der Waals surface area contributed by atoms with Gasteiger partial charge in [0.05, 0.1) is 6.33 Å². The summed E-state index contributed by atoms with van der Waals surface area (Å²) >= 11 is 0.